The van der Waals surface area contributed by atoms with Gasteiger partial charge in [0.15, 0.2) is 5.16 Å². The molecule has 0 atom stereocenters. The lowest BCUT2D eigenvalue weighted by molar-refractivity contribution is 0.963. The van der Waals surface area contributed by atoms with E-state index in [9.17, 15) is 0 Å². The van der Waals surface area contributed by atoms with Crippen molar-refractivity contribution < 1.29 is 0 Å². The molecule has 2 aromatic heterocycles. The zero-order valence-electron chi connectivity index (χ0n) is 7.12. The number of nitrogens with zero attached hydrogens (tertiary/aromatic N) is 4. The van der Waals surface area contributed by atoms with Crippen molar-refractivity contribution >= 4 is 28.3 Å². The fourth-order valence-electron chi connectivity index (χ4n) is 0.808. The van der Waals surface area contributed by atoms with E-state index in [-0.39, 0.29) is 0 Å². The van der Waals surface area contributed by atoms with E-state index in [2.05, 4.69) is 19.6 Å². The Morgan fingerprint density at radius 3 is 2.79 bits per heavy atom. The first-order chi connectivity index (χ1) is 6.86. The Kier molecular flexibility index (Phi) is 2.90. The smallest absolute Gasteiger partial charge is 0.187 e. The molecule has 0 aliphatic heterocycles. The topological polar surface area (TPSA) is 77.6 Å². The summed E-state index contributed by atoms with van der Waals surface area (Å²) in [5, 5.41) is 5.28. The van der Waals surface area contributed by atoms with Crippen LogP contribution in [-0.2, 0) is 5.75 Å². The Morgan fingerprint density at radius 2 is 2.14 bits per heavy atom. The van der Waals surface area contributed by atoms with Crippen molar-refractivity contribution in [2.75, 3.05) is 5.73 Å². The first kappa shape index (κ1) is 9.35. The monoisotopic (exact) mass is 225 g/mol. The Hall–Kier alpha value is -1.21. The van der Waals surface area contributed by atoms with Crippen LogP contribution in [0.15, 0.2) is 23.6 Å². The Balaban J connectivity index is 1.99. The summed E-state index contributed by atoms with van der Waals surface area (Å²) in [4.78, 5) is 8.15. The van der Waals surface area contributed by atoms with Crippen LogP contribution in [0.2, 0.25) is 0 Å². The molecule has 0 bridgehead atoms. The quantitative estimate of drug-likeness (QED) is 0.624. The molecule has 2 heterocycles. The van der Waals surface area contributed by atoms with Gasteiger partial charge in [-0.2, -0.15) is 0 Å². The molecule has 0 saturated heterocycles. The molecule has 72 valence electrons. The third-order valence-electron chi connectivity index (χ3n) is 1.47. The largest absolute Gasteiger partial charge is 0.388 e. The summed E-state index contributed by atoms with van der Waals surface area (Å²) in [7, 11) is 0. The standard InChI is InChI=1S/C7H7N5S2/c8-6-5(11-12-14-6)4-13-7-9-2-1-3-10-7/h1-3H,4,8H2. The lowest BCUT2D eigenvalue weighted by Gasteiger charge is -1.96. The second kappa shape index (κ2) is 4.34. The van der Waals surface area contributed by atoms with Gasteiger partial charge in [0.1, 0.15) is 10.7 Å². The highest BCUT2D eigenvalue weighted by atomic mass is 32.2. The molecule has 2 N–H and O–H groups in total. The first-order valence-electron chi connectivity index (χ1n) is 3.83. The Labute approximate surface area is 88.9 Å². The summed E-state index contributed by atoms with van der Waals surface area (Å²) in [5.41, 5.74) is 6.44. The highest BCUT2D eigenvalue weighted by Crippen LogP contribution is 2.22. The van der Waals surface area contributed by atoms with Crippen LogP contribution in [0.3, 0.4) is 0 Å². The van der Waals surface area contributed by atoms with Crippen molar-refractivity contribution in [3.63, 3.8) is 0 Å². The lowest BCUT2D eigenvalue weighted by Crippen LogP contribution is -1.90. The van der Waals surface area contributed by atoms with Crippen molar-refractivity contribution in [3.8, 4) is 0 Å². The number of nitrogens with two attached hydrogens (primary N) is 1. The highest BCUT2D eigenvalue weighted by molar-refractivity contribution is 7.98. The minimum atomic E-state index is 0.659. The number of thioether (sulfide) groups is 1. The van der Waals surface area contributed by atoms with Gasteiger partial charge < -0.3 is 5.73 Å². The van der Waals surface area contributed by atoms with Gasteiger partial charge in [-0.3, -0.25) is 0 Å². The van der Waals surface area contributed by atoms with E-state index >= 15 is 0 Å². The minimum Gasteiger partial charge on any atom is -0.388 e. The minimum absolute atomic E-state index is 0.659. The molecule has 14 heavy (non-hydrogen) atoms. The van der Waals surface area contributed by atoms with Crippen LogP contribution < -0.4 is 5.73 Å². The van der Waals surface area contributed by atoms with Crippen LogP contribution in [0.1, 0.15) is 5.69 Å². The van der Waals surface area contributed by atoms with Gasteiger partial charge in [0.2, 0.25) is 0 Å². The molecule has 0 amide bonds. The Bertz CT molecular complexity index is 401. The highest BCUT2D eigenvalue weighted by Gasteiger charge is 2.05. The van der Waals surface area contributed by atoms with Crippen LogP contribution in [0.25, 0.3) is 0 Å². The second-order valence-electron chi connectivity index (χ2n) is 2.40. The zero-order valence-corrected chi connectivity index (χ0v) is 8.75. The predicted molar refractivity (Wildman–Crippen MR) is 55.9 cm³/mol. The van der Waals surface area contributed by atoms with Crippen molar-refractivity contribution in [2.24, 2.45) is 0 Å². The molecule has 0 aliphatic carbocycles. The maximum absolute atomic E-state index is 5.64. The Morgan fingerprint density at radius 1 is 1.36 bits per heavy atom. The number of anilines is 1. The third-order valence-corrected chi connectivity index (χ3v) is 2.95. The molecule has 7 heteroatoms. The fraction of sp³-hybridized carbons (Fsp3) is 0.143. The molecule has 0 fully saturated rings. The van der Waals surface area contributed by atoms with E-state index in [0.717, 1.165) is 10.9 Å². The molecule has 0 aliphatic rings. The summed E-state index contributed by atoms with van der Waals surface area (Å²) in [6.45, 7) is 0. The number of aromatic nitrogens is 4. The molecule has 2 rings (SSSR count). The number of hydrogen-bond donors (Lipinski definition) is 1. The molecular formula is C7H7N5S2. The number of rotatable bonds is 3. The normalized spacial score (nSPS) is 10.3. The molecule has 0 radical (unpaired) electrons. The van der Waals surface area contributed by atoms with Crippen LogP contribution in [-0.4, -0.2) is 19.6 Å². The van der Waals surface area contributed by atoms with Gasteiger partial charge in [0.05, 0.1) is 0 Å². The average molecular weight is 225 g/mol. The molecule has 0 aromatic carbocycles. The van der Waals surface area contributed by atoms with Gasteiger partial charge in [0, 0.05) is 29.7 Å². The van der Waals surface area contributed by atoms with E-state index in [0.29, 0.717) is 10.8 Å². The van der Waals surface area contributed by atoms with Crippen LogP contribution in [0.4, 0.5) is 5.00 Å². The maximum atomic E-state index is 5.64. The molecule has 0 unspecified atom stereocenters. The van der Waals surface area contributed by atoms with E-state index < -0.39 is 0 Å². The molecular weight excluding hydrogens is 218 g/mol. The van der Waals surface area contributed by atoms with Gasteiger partial charge in [-0.1, -0.05) is 16.3 Å². The summed E-state index contributed by atoms with van der Waals surface area (Å²) >= 11 is 2.70. The lowest BCUT2D eigenvalue weighted by atomic mass is 10.5. The number of nitrogen functional groups attached to an aromatic ring is 1. The van der Waals surface area contributed by atoms with E-state index in [1.54, 1.807) is 18.5 Å². The van der Waals surface area contributed by atoms with Gasteiger partial charge in [-0.15, -0.1) is 5.10 Å². The van der Waals surface area contributed by atoms with Gasteiger partial charge in [0.25, 0.3) is 0 Å². The van der Waals surface area contributed by atoms with Crippen molar-refractivity contribution in [1.29, 1.82) is 0 Å². The summed E-state index contributed by atoms with van der Waals surface area (Å²) < 4.78 is 3.75. The first-order valence-corrected chi connectivity index (χ1v) is 5.58. The molecule has 5 nitrogen and oxygen atoms in total. The number of hydrogen-bond acceptors (Lipinski definition) is 7. The van der Waals surface area contributed by atoms with Crippen LogP contribution in [0, 0.1) is 0 Å². The second-order valence-corrected chi connectivity index (χ2v) is 4.13. The SMILES string of the molecule is Nc1snnc1CSc1ncccn1. The van der Waals surface area contributed by atoms with Crippen LogP contribution >= 0.6 is 23.3 Å². The molecule has 0 spiro atoms. The van der Waals surface area contributed by atoms with Crippen LogP contribution in [0.5, 0.6) is 0 Å². The van der Waals surface area contributed by atoms with E-state index in [4.69, 9.17) is 5.73 Å². The zero-order chi connectivity index (χ0) is 9.80. The predicted octanol–water partition coefficient (Wildman–Crippen LogP) is 1.20. The van der Waals surface area contributed by atoms with Crippen molar-refractivity contribution in [1.82, 2.24) is 19.6 Å². The van der Waals surface area contributed by atoms with Crippen molar-refractivity contribution in [3.05, 3.63) is 24.2 Å². The van der Waals surface area contributed by atoms with Crippen molar-refractivity contribution in [2.45, 2.75) is 10.9 Å². The van der Waals surface area contributed by atoms with Gasteiger partial charge >= 0.3 is 0 Å². The summed E-state index contributed by atoms with van der Waals surface area (Å²) in [5.74, 6) is 0.659. The van der Waals surface area contributed by atoms with Gasteiger partial charge in [-0.05, 0) is 6.07 Å². The molecule has 0 saturated carbocycles. The van der Waals surface area contributed by atoms with E-state index in [1.165, 1.54) is 23.3 Å². The summed E-state index contributed by atoms with van der Waals surface area (Å²) in [6.07, 6.45) is 3.41. The third kappa shape index (κ3) is 2.18. The molecule has 2 aromatic rings. The fourth-order valence-corrected chi connectivity index (χ4v) is 2.10. The van der Waals surface area contributed by atoms with Gasteiger partial charge in [-0.25, -0.2) is 9.97 Å². The summed E-state index contributed by atoms with van der Waals surface area (Å²) in [6, 6.07) is 1.78. The average Bonchev–Trinajstić information content (AvgIpc) is 2.63. The maximum Gasteiger partial charge on any atom is 0.187 e. The van der Waals surface area contributed by atoms with E-state index in [1.807, 2.05) is 0 Å².